The standard InChI is InChI=1S/C27H22N4O3/c32-25-17-16-24(30-29-23-14-8-3-9-15-23)18-20(25)19-28-31-26(33)27(34,21-10-4-1-5-11-21)22-12-6-2-7-13-22/h1-19,32,34H,(H,31,33). The van der Waals surface area contributed by atoms with Crippen LogP contribution in [0, 0.1) is 0 Å². The summed E-state index contributed by atoms with van der Waals surface area (Å²) in [7, 11) is 0. The maximum absolute atomic E-state index is 13.1. The fourth-order valence-corrected chi connectivity index (χ4v) is 3.35. The molecule has 0 heterocycles. The molecule has 0 unspecified atom stereocenters. The van der Waals surface area contributed by atoms with E-state index in [0.717, 1.165) is 0 Å². The minimum atomic E-state index is -1.95. The van der Waals surface area contributed by atoms with E-state index < -0.39 is 11.5 Å². The first-order chi connectivity index (χ1) is 16.6. The van der Waals surface area contributed by atoms with Crippen molar-refractivity contribution in [2.45, 2.75) is 5.60 Å². The molecule has 0 fully saturated rings. The summed E-state index contributed by atoms with van der Waals surface area (Å²) in [6.45, 7) is 0. The second-order valence-corrected chi connectivity index (χ2v) is 7.42. The van der Waals surface area contributed by atoms with Gasteiger partial charge in [0, 0.05) is 5.56 Å². The van der Waals surface area contributed by atoms with Crippen molar-refractivity contribution >= 4 is 23.5 Å². The van der Waals surface area contributed by atoms with Crippen molar-refractivity contribution in [3.05, 3.63) is 126 Å². The Bertz CT molecular complexity index is 1270. The average Bonchev–Trinajstić information content (AvgIpc) is 2.90. The number of nitrogens with one attached hydrogen (secondary N) is 1. The lowest BCUT2D eigenvalue weighted by Crippen LogP contribution is -2.43. The number of phenolic OH excluding ortho intramolecular Hbond substituents is 1. The van der Waals surface area contributed by atoms with Crippen LogP contribution >= 0.6 is 0 Å². The number of rotatable bonds is 7. The third-order valence-electron chi connectivity index (χ3n) is 5.13. The fourth-order valence-electron chi connectivity index (χ4n) is 3.35. The number of benzene rings is 4. The van der Waals surface area contributed by atoms with Crippen molar-refractivity contribution < 1.29 is 15.0 Å². The highest BCUT2D eigenvalue weighted by Gasteiger charge is 2.39. The Labute approximate surface area is 196 Å². The van der Waals surface area contributed by atoms with Gasteiger partial charge >= 0.3 is 0 Å². The Morgan fingerprint density at radius 2 is 1.26 bits per heavy atom. The quantitative estimate of drug-likeness (QED) is 0.205. The van der Waals surface area contributed by atoms with E-state index in [1.54, 1.807) is 72.8 Å². The molecule has 3 N–H and O–H groups in total. The number of nitrogens with zero attached hydrogens (tertiary/aromatic N) is 3. The summed E-state index contributed by atoms with van der Waals surface area (Å²) in [6.07, 6.45) is 1.28. The molecule has 0 aliphatic heterocycles. The fraction of sp³-hybridized carbons (Fsp3) is 0.0370. The molecule has 0 aromatic heterocycles. The minimum Gasteiger partial charge on any atom is -0.507 e. The van der Waals surface area contributed by atoms with Gasteiger partial charge in [-0.2, -0.15) is 15.3 Å². The third kappa shape index (κ3) is 5.06. The van der Waals surface area contributed by atoms with Crippen molar-refractivity contribution in [1.82, 2.24) is 5.43 Å². The van der Waals surface area contributed by atoms with Gasteiger partial charge in [-0.15, -0.1) is 0 Å². The first-order valence-electron chi connectivity index (χ1n) is 10.5. The summed E-state index contributed by atoms with van der Waals surface area (Å²) in [4.78, 5) is 13.1. The number of hydrogen-bond acceptors (Lipinski definition) is 6. The maximum atomic E-state index is 13.1. The Morgan fingerprint density at radius 1 is 0.735 bits per heavy atom. The zero-order valence-electron chi connectivity index (χ0n) is 18.1. The molecule has 0 aliphatic carbocycles. The van der Waals surface area contributed by atoms with Crippen LogP contribution in [0.4, 0.5) is 11.4 Å². The SMILES string of the molecule is O=C(NN=Cc1cc(N=Nc2ccccc2)ccc1O)C(O)(c1ccccc1)c1ccccc1. The van der Waals surface area contributed by atoms with Crippen LogP contribution in [0.1, 0.15) is 16.7 Å². The zero-order chi connectivity index (χ0) is 23.8. The maximum Gasteiger partial charge on any atom is 0.281 e. The van der Waals surface area contributed by atoms with E-state index in [4.69, 9.17) is 0 Å². The average molecular weight is 450 g/mol. The number of aromatic hydroxyl groups is 1. The topological polar surface area (TPSA) is 107 Å². The van der Waals surface area contributed by atoms with Gasteiger partial charge in [-0.05, 0) is 41.5 Å². The van der Waals surface area contributed by atoms with Crippen molar-refractivity contribution in [3.63, 3.8) is 0 Å². The lowest BCUT2D eigenvalue weighted by atomic mass is 9.85. The van der Waals surface area contributed by atoms with Gasteiger partial charge in [-0.25, -0.2) is 5.43 Å². The molecule has 0 bridgehead atoms. The highest BCUT2D eigenvalue weighted by molar-refractivity contribution is 5.91. The monoisotopic (exact) mass is 450 g/mol. The van der Waals surface area contributed by atoms with Crippen LogP contribution in [-0.2, 0) is 10.4 Å². The molecule has 1 amide bonds. The summed E-state index contributed by atoms with van der Waals surface area (Å²) < 4.78 is 0. The number of hydrazone groups is 1. The number of amides is 1. The predicted molar refractivity (Wildman–Crippen MR) is 130 cm³/mol. The van der Waals surface area contributed by atoms with Crippen LogP contribution < -0.4 is 5.43 Å². The largest absolute Gasteiger partial charge is 0.507 e. The zero-order valence-corrected chi connectivity index (χ0v) is 18.1. The molecule has 34 heavy (non-hydrogen) atoms. The Hall–Kier alpha value is -4.62. The van der Waals surface area contributed by atoms with Crippen LogP contribution in [0.5, 0.6) is 5.75 Å². The van der Waals surface area contributed by atoms with Crippen LogP contribution in [0.3, 0.4) is 0 Å². The van der Waals surface area contributed by atoms with Gasteiger partial charge in [0.25, 0.3) is 5.91 Å². The Balaban J connectivity index is 1.55. The van der Waals surface area contributed by atoms with E-state index in [2.05, 4.69) is 20.8 Å². The van der Waals surface area contributed by atoms with Gasteiger partial charge in [0.05, 0.1) is 17.6 Å². The van der Waals surface area contributed by atoms with E-state index in [9.17, 15) is 15.0 Å². The van der Waals surface area contributed by atoms with E-state index in [1.165, 1.54) is 12.3 Å². The van der Waals surface area contributed by atoms with Crippen LogP contribution in [0.15, 0.2) is 125 Å². The molecular formula is C27H22N4O3. The molecule has 168 valence electrons. The molecule has 7 nitrogen and oxygen atoms in total. The summed E-state index contributed by atoms with van der Waals surface area (Å²) in [5, 5.41) is 33.9. The van der Waals surface area contributed by atoms with E-state index in [0.29, 0.717) is 28.1 Å². The molecule has 4 rings (SSSR count). The van der Waals surface area contributed by atoms with E-state index in [-0.39, 0.29) is 5.75 Å². The van der Waals surface area contributed by atoms with Gasteiger partial charge < -0.3 is 10.2 Å². The van der Waals surface area contributed by atoms with Crippen LogP contribution in [-0.4, -0.2) is 22.3 Å². The molecule has 0 spiro atoms. The smallest absolute Gasteiger partial charge is 0.281 e. The molecule has 0 aliphatic rings. The van der Waals surface area contributed by atoms with Crippen molar-refractivity contribution in [1.29, 1.82) is 0 Å². The van der Waals surface area contributed by atoms with Crippen LogP contribution in [0.25, 0.3) is 0 Å². The number of azo groups is 1. The molecule has 0 atom stereocenters. The number of carbonyl (C=O) groups is 1. The molecule has 4 aromatic carbocycles. The van der Waals surface area contributed by atoms with Gasteiger partial charge in [-0.1, -0.05) is 78.9 Å². The van der Waals surface area contributed by atoms with Crippen molar-refractivity contribution in [2.24, 2.45) is 15.3 Å². The molecule has 0 saturated heterocycles. The first-order valence-corrected chi connectivity index (χ1v) is 10.5. The Morgan fingerprint density at radius 3 is 1.85 bits per heavy atom. The van der Waals surface area contributed by atoms with Crippen LogP contribution in [0.2, 0.25) is 0 Å². The second kappa shape index (κ2) is 10.3. The highest BCUT2D eigenvalue weighted by Crippen LogP contribution is 2.30. The lowest BCUT2D eigenvalue weighted by molar-refractivity contribution is -0.136. The summed E-state index contributed by atoms with van der Waals surface area (Å²) >= 11 is 0. The summed E-state index contributed by atoms with van der Waals surface area (Å²) in [6, 6.07) is 31.2. The summed E-state index contributed by atoms with van der Waals surface area (Å²) in [5.74, 6) is -0.779. The number of phenols is 1. The summed E-state index contributed by atoms with van der Waals surface area (Å²) in [5.41, 5.74) is 2.76. The van der Waals surface area contributed by atoms with Gasteiger partial charge in [0.2, 0.25) is 0 Å². The highest BCUT2D eigenvalue weighted by atomic mass is 16.3. The first kappa shape index (κ1) is 22.6. The molecule has 7 heteroatoms. The van der Waals surface area contributed by atoms with Gasteiger partial charge in [0.1, 0.15) is 5.75 Å². The van der Waals surface area contributed by atoms with Crippen molar-refractivity contribution in [3.8, 4) is 5.75 Å². The number of aliphatic hydroxyl groups is 1. The van der Waals surface area contributed by atoms with E-state index in [1.807, 2.05) is 30.3 Å². The number of carbonyl (C=O) groups excluding carboxylic acids is 1. The van der Waals surface area contributed by atoms with E-state index >= 15 is 0 Å². The molecular weight excluding hydrogens is 428 g/mol. The van der Waals surface area contributed by atoms with Gasteiger partial charge in [-0.3, -0.25) is 4.79 Å². The minimum absolute atomic E-state index is 0.0435. The Kier molecular flexibility index (Phi) is 6.86. The lowest BCUT2D eigenvalue weighted by Gasteiger charge is -2.27. The molecule has 4 aromatic rings. The van der Waals surface area contributed by atoms with Crippen molar-refractivity contribution in [2.75, 3.05) is 0 Å². The third-order valence-corrected chi connectivity index (χ3v) is 5.13. The molecule has 0 radical (unpaired) electrons. The molecule has 0 saturated carbocycles. The predicted octanol–water partition coefficient (Wildman–Crippen LogP) is 5.19. The second-order valence-electron chi connectivity index (χ2n) is 7.42. The normalized spacial score (nSPS) is 11.7. The number of hydrogen-bond donors (Lipinski definition) is 3. The van der Waals surface area contributed by atoms with Gasteiger partial charge in [0.15, 0.2) is 5.60 Å².